The van der Waals surface area contributed by atoms with Crippen LogP contribution in [-0.4, -0.2) is 73.2 Å². The van der Waals surface area contributed by atoms with Crippen molar-refractivity contribution in [3.63, 3.8) is 0 Å². The van der Waals surface area contributed by atoms with Crippen LogP contribution in [0.25, 0.3) is 0 Å². The van der Waals surface area contributed by atoms with Crippen LogP contribution in [0, 0.1) is 0 Å². The molecule has 2 fully saturated rings. The van der Waals surface area contributed by atoms with Gasteiger partial charge in [0.25, 0.3) is 10.2 Å². The Balaban J connectivity index is 1.30. The quantitative estimate of drug-likeness (QED) is 0.711. The van der Waals surface area contributed by atoms with E-state index in [-0.39, 0.29) is 5.92 Å². The fourth-order valence-corrected chi connectivity index (χ4v) is 5.41. The van der Waals surface area contributed by atoms with Gasteiger partial charge in [0, 0.05) is 49.2 Å². The first-order valence-corrected chi connectivity index (χ1v) is 11.6. The van der Waals surface area contributed by atoms with Crippen molar-refractivity contribution in [1.82, 2.24) is 18.8 Å². The van der Waals surface area contributed by atoms with E-state index in [9.17, 15) is 8.42 Å². The number of hydrogen-bond donors (Lipinski definition) is 1. The highest BCUT2D eigenvalue weighted by Crippen LogP contribution is 2.29. The molecule has 2 aliphatic heterocycles. The molecular formula is C19H25ClN4O4S. The van der Waals surface area contributed by atoms with Crippen molar-refractivity contribution < 1.29 is 17.9 Å². The number of morpholine rings is 1. The van der Waals surface area contributed by atoms with Crippen LogP contribution in [0.3, 0.4) is 0 Å². The van der Waals surface area contributed by atoms with Crippen molar-refractivity contribution in [1.29, 1.82) is 0 Å². The Bertz CT molecular complexity index is 913. The van der Waals surface area contributed by atoms with Gasteiger partial charge in [-0.1, -0.05) is 11.6 Å². The van der Waals surface area contributed by atoms with E-state index in [0.29, 0.717) is 57.4 Å². The number of hydrogen-bond acceptors (Lipinski definition) is 5. The lowest BCUT2D eigenvalue weighted by Crippen LogP contribution is -2.47. The monoisotopic (exact) mass is 440 g/mol. The Morgan fingerprint density at radius 2 is 1.93 bits per heavy atom. The van der Waals surface area contributed by atoms with Gasteiger partial charge in [-0.3, -0.25) is 5.10 Å². The molecule has 0 bridgehead atoms. The van der Waals surface area contributed by atoms with Gasteiger partial charge in [0.15, 0.2) is 0 Å². The third kappa shape index (κ3) is 4.92. The minimum absolute atomic E-state index is 0.105. The van der Waals surface area contributed by atoms with Crippen LogP contribution < -0.4 is 4.74 Å². The summed E-state index contributed by atoms with van der Waals surface area (Å²) in [7, 11) is -3.42. The maximum absolute atomic E-state index is 12.8. The molecule has 1 aromatic carbocycles. The predicted octanol–water partition coefficient (Wildman–Crippen LogP) is 2.05. The smallest absolute Gasteiger partial charge is 0.282 e. The predicted molar refractivity (Wildman–Crippen MR) is 109 cm³/mol. The van der Waals surface area contributed by atoms with Crippen LogP contribution in [0.5, 0.6) is 5.75 Å². The molecule has 0 radical (unpaired) electrons. The lowest BCUT2D eigenvalue weighted by molar-refractivity contribution is 0.0705. The van der Waals surface area contributed by atoms with Crippen LogP contribution in [0.2, 0.25) is 5.02 Å². The molecule has 4 rings (SSSR count). The van der Waals surface area contributed by atoms with Crippen molar-refractivity contribution in [3.8, 4) is 5.75 Å². The molecule has 0 aliphatic carbocycles. The number of benzene rings is 1. The minimum atomic E-state index is -3.42. The summed E-state index contributed by atoms with van der Waals surface area (Å²) >= 11 is 5.87. The van der Waals surface area contributed by atoms with Crippen LogP contribution >= 0.6 is 11.6 Å². The zero-order valence-corrected chi connectivity index (χ0v) is 17.7. The molecular weight excluding hydrogens is 416 g/mol. The highest BCUT2D eigenvalue weighted by molar-refractivity contribution is 7.86. The highest BCUT2D eigenvalue weighted by Gasteiger charge is 2.37. The number of aromatic nitrogens is 2. The molecule has 29 heavy (non-hydrogen) atoms. The summed E-state index contributed by atoms with van der Waals surface area (Å²) in [6.07, 6.45) is 1.47. The van der Waals surface area contributed by atoms with Crippen molar-refractivity contribution in [2.24, 2.45) is 0 Å². The van der Waals surface area contributed by atoms with E-state index in [0.717, 1.165) is 23.6 Å². The first-order valence-electron chi connectivity index (χ1n) is 9.78. The van der Waals surface area contributed by atoms with Crippen molar-refractivity contribution in [2.75, 3.05) is 46.0 Å². The number of aromatic amines is 1. The number of nitrogens with one attached hydrogen (secondary N) is 1. The SMILES string of the molecule is O=S(=O)(N1CCOCC1)N1CC[C@H](c2cc(CCOc3ccc(Cl)cc3)[nH]n2)C1. The number of halogens is 1. The lowest BCUT2D eigenvalue weighted by atomic mass is 10.0. The molecule has 1 N–H and O–H groups in total. The summed E-state index contributed by atoms with van der Waals surface area (Å²) in [5, 5.41) is 8.14. The molecule has 2 saturated heterocycles. The molecule has 1 atom stereocenters. The van der Waals surface area contributed by atoms with Gasteiger partial charge >= 0.3 is 0 Å². The molecule has 10 heteroatoms. The molecule has 1 aromatic heterocycles. The molecule has 2 aromatic rings. The average Bonchev–Trinajstić information content (AvgIpc) is 3.40. The fourth-order valence-electron chi connectivity index (χ4n) is 3.65. The maximum Gasteiger partial charge on any atom is 0.282 e. The van der Waals surface area contributed by atoms with Gasteiger partial charge in [-0.05, 0) is 36.8 Å². The molecule has 158 valence electrons. The normalized spacial score (nSPS) is 21.5. The topological polar surface area (TPSA) is 87.8 Å². The van der Waals surface area contributed by atoms with Gasteiger partial charge in [0.05, 0.1) is 25.5 Å². The van der Waals surface area contributed by atoms with Crippen LogP contribution in [0.1, 0.15) is 23.7 Å². The lowest BCUT2D eigenvalue weighted by Gasteiger charge is -2.30. The molecule has 0 amide bonds. The van der Waals surface area contributed by atoms with Crippen LogP contribution in [0.4, 0.5) is 0 Å². The van der Waals surface area contributed by atoms with E-state index in [4.69, 9.17) is 21.1 Å². The van der Waals surface area contributed by atoms with Gasteiger partial charge in [-0.15, -0.1) is 0 Å². The third-order valence-corrected chi connectivity index (χ3v) is 7.55. The summed E-state index contributed by atoms with van der Waals surface area (Å²) in [4.78, 5) is 0. The van der Waals surface area contributed by atoms with E-state index in [1.807, 2.05) is 18.2 Å². The van der Waals surface area contributed by atoms with E-state index >= 15 is 0 Å². The number of nitrogens with zero attached hydrogens (tertiary/aromatic N) is 3. The summed E-state index contributed by atoms with van der Waals surface area (Å²) in [6.45, 7) is 3.25. The number of H-pyrrole nitrogens is 1. The first kappa shape index (κ1) is 20.6. The second-order valence-corrected chi connectivity index (χ2v) is 9.60. The summed E-state index contributed by atoms with van der Waals surface area (Å²) in [5.74, 6) is 0.877. The van der Waals surface area contributed by atoms with Gasteiger partial charge in [-0.25, -0.2) is 0 Å². The largest absolute Gasteiger partial charge is 0.493 e. The van der Waals surface area contributed by atoms with Gasteiger partial charge < -0.3 is 9.47 Å². The molecule has 0 spiro atoms. The molecule has 8 nitrogen and oxygen atoms in total. The molecule has 2 aliphatic rings. The first-order chi connectivity index (χ1) is 14.0. The van der Waals surface area contributed by atoms with E-state index in [1.54, 1.807) is 16.4 Å². The van der Waals surface area contributed by atoms with Crippen molar-refractivity contribution in [3.05, 3.63) is 46.7 Å². The Morgan fingerprint density at radius 1 is 1.17 bits per heavy atom. The fraction of sp³-hybridized carbons (Fsp3) is 0.526. The standard InChI is InChI=1S/C19H25ClN4O4S/c20-16-1-3-18(4-2-16)28-10-6-17-13-19(22-21-17)15-5-7-24(14-15)29(25,26)23-8-11-27-12-9-23/h1-4,13,15H,5-12,14H2,(H,21,22)/t15-/m0/s1. The molecule has 0 unspecified atom stereocenters. The molecule has 0 saturated carbocycles. The maximum atomic E-state index is 12.8. The van der Waals surface area contributed by atoms with E-state index in [1.165, 1.54) is 4.31 Å². The highest BCUT2D eigenvalue weighted by atomic mass is 35.5. The Labute approximate surface area is 175 Å². The average molecular weight is 441 g/mol. The van der Waals surface area contributed by atoms with Crippen LogP contribution in [0.15, 0.2) is 30.3 Å². The second-order valence-electron chi connectivity index (χ2n) is 7.23. The summed E-state index contributed by atoms with van der Waals surface area (Å²) in [5.41, 5.74) is 1.88. The summed E-state index contributed by atoms with van der Waals surface area (Å²) < 4.78 is 39.7. The van der Waals surface area contributed by atoms with Gasteiger partial charge in [-0.2, -0.15) is 22.1 Å². The zero-order valence-electron chi connectivity index (χ0n) is 16.1. The Hall–Kier alpha value is -1.65. The number of ether oxygens (including phenoxy) is 2. The van der Waals surface area contributed by atoms with Crippen molar-refractivity contribution in [2.45, 2.75) is 18.8 Å². The Morgan fingerprint density at radius 3 is 2.69 bits per heavy atom. The minimum Gasteiger partial charge on any atom is -0.493 e. The van der Waals surface area contributed by atoms with E-state index < -0.39 is 10.2 Å². The zero-order chi connectivity index (χ0) is 20.3. The third-order valence-electron chi connectivity index (χ3n) is 5.30. The van der Waals surface area contributed by atoms with E-state index in [2.05, 4.69) is 10.2 Å². The molecule has 3 heterocycles. The van der Waals surface area contributed by atoms with Crippen LogP contribution in [-0.2, 0) is 21.4 Å². The second kappa shape index (κ2) is 9.01. The van der Waals surface area contributed by atoms with Crippen molar-refractivity contribution >= 4 is 21.8 Å². The summed E-state index contributed by atoms with van der Waals surface area (Å²) in [6, 6.07) is 9.27. The van der Waals surface area contributed by atoms with Gasteiger partial charge in [0.1, 0.15) is 5.75 Å². The number of rotatable bonds is 7. The van der Waals surface area contributed by atoms with Gasteiger partial charge in [0.2, 0.25) is 0 Å². The Kier molecular flexibility index (Phi) is 6.41.